The lowest BCUT2D eigenvalue weighted by Gasteiger charge is -2.35. The van der Waals surface area contributed by atoms with Crippen molar-refractivity contribution in [1.29, 1.82) is 0 Å². The van der Waals surface area contributed by atoms with Gasteiger partial charge >= 0.3 is 0 Å². The van der Waals surface area contributed by atoms with Crippen molar-refractivity contribution >= 4 is 0 Å². The Balaban J connectivity index is 1.49. The number of rotatable bonds is 4. The molecule has 0 aromatic heterocycles. The lowest BCUT2D eigenvalue weighted by atomic mass is 10.1. The zero-order valence-corrected chi connectivity index (χ0v) is 12.3. The molecule has 2 saturated heterocycles. The van der Waals surface area contributed by atoms with Crippen molar-refractivity contribution in [3.05, 3.63) is 0 Å². The van der Waals surface area contributed by atoms with Crippen LogP contribution in [0.25, 0.3) is 0 Å². The topological polar surface area (TPSA) is 27.7 Å². The van der Waals surface area contributed by atoms with Gasteiger partial charge in [0, 0.05) is 32.2 Å². The van der Waals surface area contributed by atoms with Gasteiger partial charge in [-0.25, -0.2) is 0 Å². The Hall–Kier alpha value is -0.160. The fourth-order valence-electron chi connectivity index (χ4n) is 3.47. The Morgan fingerprint density at radius 3 is 2.84 bits per heavy atom. The third-order valence-electron chi connectivity index (χ3n) is 4.84. The van der Waals surface area contributed by atoms with E-state index in [0.29, 0.717) is 6.10 Å². The van der Waals surface area contributed by atoms with Crippen LogP contribution in [0.2, 0.25) is 0 Å². The maximum Gasteiger partial charge on any atom is 0.0829 e. The molecule has 2 aliphatic heterocycles. The van der Waals surface area contributed by atoms with Crippen molar-refractivity contribution in [2.24, 2.45) is 5.92 Å². The van der Waals surface area contributed by atoms with E-state index in [0.717, 1.165) is 44.7 Å². The minimum Gasteiger partial charge on any atom is -0.374 e. The highest BCUT2D eigenvalue weighted by Crippen LogP contribution is 2.33. The van der Waals surface area contributed by atoms with E-state index >= 15 is 0 Å². The standard InChI is InChI=1S/C15H29N3O/c1-2-17-8-9-19-14(10-17)11-18-7-3-6-16-15(12-18)13-4-5-13/h13-16H,2-12H2,1H3. The van der Waals surface area contributed by atoms with Crippen molar-refractivity contribution < 1.29 is 4.74 Å². The second-order valence-corrected chi connectivity index (χ2v) is 6.40. The number of morpholine rings is 1. The smallest absolute Gasteiger partial charge is 0.0829 e. The van der Waals surface area contributed by atoms with Crippen molar-refractivity contribution in [3.63, 3.8) is 0 Å². The molecule has 3 fully saturated rings. The van der Waals surface area contributed by atoms with Crippen LogP contribution >= 0.6 is 0 Å². The first kappa shape index (κ1) is 13.8. The molecule has 4 nitrogen and oxygen atoms in total. The van der Waals surface area contributed by atoms with Gasteiger partial charge in [0.05, 0.1) is 12.7 Å². The van der Waals surface area contributed by atoms with Crippen molar-refractivity contribution in [2.75, 3.05) is 52.4 Å². The number of likely N-dealkylation sites (N-methyl/N-ethyl adjacent to an activating group) is 1. The number of nitrogens with one attached hydrogen (secondary N) is 1. The van der Waals surface area contributed by atoms with Gasteiger partial charge in [-0.1, -0.05) is 6.92 Å². The molecule has 2 unspecified atom stereocenters. The highest BCUT2D eigenvalue weighted by atomic mass is 16.5. The highest BCUT2D eigenvalue weighted by molar-refractivity contribution is 4.90. The van der Waals surface area contributed by atoms with Crippen LogP contribution in [0.15, 0.2) is 0 Å². The van der Waals surface area contributed by atoms with Gasteiger partial charge in [-0.3, -0.25) is 9.80 Å². The first-order chi connectivity index (χ1) is 9.35. The molecule has 0 amide bonds. The monoisotopic (exact) mass is 267 g/mol. The molecular weight excluding hydrogens is 238 g/mol. The Morgan fingerprint density at radius 2 is 2.05 bits per heavy atom. The molecule has 1 N–H and O–H groups in total. The first-order valence-corrected chi connectivity index (χ1v) is 8.15. The molecule has 3 aliphatic rings. The normalized spacial score (nSPS) is 35.2. The van der Waals surface area contributed by atoms with Crippen LogP contribution in [-0.4, -0.2) is 74.4 Å². The largest absolute Gasteiger partial charge is 0.374 e. The molecule has 2 heterocycles. The van der Waals surface area contributed by atoms with Crippen LogP contribution in [0.5, 0.6) is 0 Å². The van der Waals surface area contributed by atoms with E-state index in [9.17, 15) is 0 Å². The van der Waals surface area contributed by atoms with Gasteiger partial charge in [-0.05, 0) is 44.8 Å². The maximum atomic E-state index is 5.96. The van der Waals surface area contributed by atoms with Crippen LogP contribution in [0.4, 0.5) is 0 Å². The summed E-state index contributed by atoms with van der Waals surface area (Å²) in [6, 6.07) is 0.744. The van der Waals surface area contributed by atoms with Crippen molar-refractivity contribution in [2.45, 2.75) is 38.3 Å². The van der Waals surface area contributed by atoms with Crippen LogP contribution in [0.1, 0.15) is 26.2 Å². The Labute approximate surface area is 117 Å². The molecule has 3 rings (SSSR count). The summed E-state index contributed by atoms with van der Waals surface area (Å²) in [6.45, 7) is 11.3. The molecular formula is C15H29N3O. The van der Waals surface area contributed by atoms with Gasteiger partial charge < -0.3 is 10.1 Å². The zero-order chi connectivity index (χ0) is 13.1. The lowest BCUT2D eigenvalue weighted by molar-refractivity contribution is -0.0420. The molecule has 1 aliphatic carbocycles. The number of hydrogen-bond donors (Lipinski definition) is 1. The van der Waals surface area contributed by atoms with Crippen molar-refractivity contribution in [3.8, 4) is 0 Å². The quantitative estimate of drug-likeness (QED) is 0.815. The molecule has 0 bridgehead atoms. The van der Waals surface area contributed by atoms with Gasteiger partial charge in [-0.2, -0.15) is 0 Å². The van der Waals surface area contributed by atoms with Gasteiger partial charge in [-0.15, -0.1) is 0 Å². The Bertz CT molecular complexity index is 283. The summed E-state index contributed by atoms with van der Waals surface area (Å²) in [7, 11) is 0. The molecule has 0 aromatic carbocycles. The second kappa shape index (κ2) is 6.53. The maximum absolute atomic E-state index is 5.96. The van der Waals surface area contributed by atoms with Crippen molar-refractivity contribution in [1.82, 2.24) is 15.1 Å². The number of ether oxygens (including phenoxy) is 1. The van der Waals surface area contributed by atoms with E-state index in [1.807, 2.05) is 0 Å². The van der Waals surface area contributed by atoms with Gasteiger partial charge in [0.2, 0.25) is 0 Å². The highest BCUT2D eigenvalue weighted by Gasteiger charge is 2.33. The van der Waals surface area contributed by atoms with E-state index in [2.05, 4.69) is 22.0 Å². The first-order valence-electron chi connectivity index (χ1n) is 8.15. The summed E-state index contributed by atoms with van der Waals surface area (Å²) in [5, 5.41) is 3.74. The minimum absolute atomic E-state index is 0.423. The summed E-state index contributed by atoms with van der Waals surface area (Å²) in [5.74, 6) is 0.958. The molecule has 1 saturated carbocycles. The van der Waals surface area contributed by atoms with Crippen LogP contribution in [0, 0.1) is 5.92 Å². The Kier molecular flexibility index (Phi) is 4.74. The summed E-state index contributed by atoms with van der Waals surface area (Å²) in [4.78, 5) is 5.16. The lowest BCUT2D eigenvalue weighted by Crippen LogP contribution is -2.49. The van der Waals surface area contributed by atoms with Crippen LogP contribution < -0.4 is 5.32 Å². The van der Waals surface area contributed by atoms with E-state index in [1.54, 1.807) is 0 Å². The fraction of sp³-hybridized carbons (Fsp3) is 1.00. The van der Waals surface area contributed by atoms with Crippen LogP contribution in [-0.2, 0) is 4.74 Å². The molecule has 4 heteroatoms. The van der Waals surface area contributed by atoms with Gasteiger partial charge in [0.15, 0.2) is 0 Å². The predicted molar refractivity (Wildman–Crippen MR) is 77.4 cm³/mol. The summed E-state index contributed by atoms with van der Waals surface area (Å²) < 4.78 is 5.96. The minimum atomic E-state index is 0.423. The summed E-state index contributed by atoms with van der Waals surface area (Å²) in [5.41, 5.74) is 0. The number of nitrogens with zero attached hydrogens (tertiary/aromatic N) is 2. The van der Waals surface area contributed by atoms with Crippen LogP contribution in [0.3, 0.4) is 0 Å². The molecule has 0 aromatic rings. The van der Waals surface area contributed by atoms with E-state index in [4.69, 9.17) is 4.74 Å². The molecule has 0 spiro atoms. The average molecular weight is 267 g/mol. The third kappa shape index (κ3) is 3.91. The average Bonchev–Trinajstić information content (AvgIpc) is 3.25. The van der Waals surface area contributed by atoms with E-state index in [1.165, 1.54) is 38.9 Å². The Morgan fingerprint density at radius 1 is 1.16 bits per heavy atom. The summed E-state index contributed by atoms with van der Waals surface area (Å²) >= 11 is 0. The molecule has 2 atom stereocenters. The second-order valence-electron chi connectivity index (χ2n) is 6.40. The van der Waals surface area contributed by atoms with Gasteiger partial charge in [0.1, 0.15) is 0 Å². The predicted octanol–water partition coefficient (Wildman–Crippen LogP) is 0.781. The molecule has 0 radical (unpaired) electrons. The third-order valence-corrected chi connectivity index (χ3v) is 4.84. The van der Waals surface area contributed by atoms with Gasteiger partial charge in [0.25, 0.3) is 0 Å². The zero-order valence-electron chi connectivity index (χ0n) is 12.3. The molecule has 110 valence electrons. The molecule has 19 heavy (non-hydrogen) atoms. The fourth-order valence-corrected chi connectivity index (χ4v) is 3.47. The van der Waals surface area contributed by atoms with E-state index in [-0.39, 0.29) is 0 Å². The number of hydrogen-bond acceptors (Lipinski definition) is 4. The summed E-state index contributed by atoms with van der Waals surface area (Å²) in [6.07, 6.45) is 4.59. The SMILES string of the molecule is CCN1CCOC(CN2CCCNC(C3CC3)C2)C1. The van der Waals surface area contributed by atoms with E-state index < -0.39 is 0 Å².